The van der Waals surface area contributed by atoms with Gasteiger partial charge in [0.2, 0.25) is 0 Å². The van der Waals surface area contributed by atoms with Gasteiger partial charge in [-0.25, -0.2) is 9.76 Å². The first-order valence-electron chi connectivity index (χ1n) is 15.7. The summed E-state index contributed by atoms with van der Waals surface area (Å²) in [6.07, 6.45) is 16.4. The molecule has 5 fully saturated rings. The molecule has 6 aliphatic rings. The zero-order chi connectivity index (χ0) is 27.3. The first kappa shape index (κ1) is 29.4. The molecule has 3 saturated carbocycles. The van der Waals surface area contributed by atoms with Crippen LogP contribution in [0.15, 0.2) is 11.6 Å². The molecule has 1 N–H and O–H groups in total. The molecule has 222 valence electrons. The zero-order valence-corrected chi connectivity index (χ0v) is 26.4. The van der Waals surface area contributed by atoms with Gasteiger partial charge in [0.25, 0.3) is 0 Å². The third-order valence-corrected chi connectivity index (χ3v) is 14.7. The highest BCUT2D eigenvalue weighted by atomic mass is 35.5. The van der Waals surface area contributed by atoms with E-state index in [1.165, 1.54) is 32.1 Å². The Morgan fingerprint density at radius 1 is 1.05 bits per heavy atom. The van der Waals surface area contributed by atoms with E-state index in [9.17, 15) is 4.57 Å². The van der Waals surface area contributed by atoms with Crippen LogP contribution in [0.5, 0.6) is 0 Å². The molecular formula is C30H49Cl2N2O4P. The van der Waals surface area contributed by atoms with Gasteiger partial charge in [0.1, 0.15) is 0 Å². The maximum Gasteiger partial charge on any atom is 0.344 e. The van der Waals surface area contributed by atoms with Gasteiger partial charge in [-0.2, -0.15) is 0 Å². The van der Waals surface area contributed by atoms with E-state index in [2.05, 4.69) is 25.0 Å². The largest absolute Gasteiger partial charge is 0.353 e. The molecule has 0 aromatic carbocycles. The average molecular weight is 604 g/mol. The Morgan fingerprint density at radius 2 is 1.85 bits per heavy atom. The quantitative estimate of drug-likeness (QED) is 0.185. The van der Waals surface area contributed by atoms with Crippen molar-refractivity contribution < 1.29 is 18.6 Å². The van der Waals surface area contributed by atoms with E-state index in [1.807, 2.05) is 4.67 Å². The van der Waals surface area contributed by atoms with Crippen LogP contribution in [0.4, 0.5) is 0 Å². The molecule has 9 unspecified atom stereocenters. The third kappa shape index (κ3) is 5.03. The van der Waals surface area contributed by atoms with Crippen molar-refractivity contribution in [3.8, 4) is 0 Å². The van der Waals surface area contributed by atoms with Gasteiger partial charge >= 0.3 is 7.67 Å². The Labute approximate surface area is 245 Å². The average Bonchev–Trinajstić information content (AvgIpc) is 3.20. The molecule has 0 amide bonds. The van der Waals surface area contributed by atoms with Crippen LogP contribution >= 0.6 is 30.9 Å². The summed E-state index contributed by atoms with van der Waals surface area (Å²) in [4.78, 5) is 0. The second-order valence-corrected chi connectivity index (χ2v) is 16.5. The Hall–Kier alpha value is 0.350. The van der Waals surface area contributed by atoms with Crippen LogP contribution in [-0.4, -0.2) is 60.7 Å². The monoisotopic (exact) mass is 602 g/mol. The van der Waals surface area contributed by atoms with Crippen molar-refractivity contribution in [3.05, 3.63) is 11.6 Å². The summed E-state index contributed by atoms with van der Waals surface area (Å²) < 4.78 is 35.3. The summed E-state index contributed by atoms with van der Waals surface area (Å²) in [7, 11) is -3.19. The molecule has 2 saturated heterocycles. The number of rotatable bonds is 7. The van der Waals surface area contributed by atoms with Crippen LogP contribution in [0.3, 0.4) is 0 Å². The van der Waals surface area contributed by atoms with Crippen LogP contribution < -0.4 is 5.09 Å². The summed E-state index contributed by atoms with van der Waals surface area (Å²) in [6.45, 7) is 7.63. The lowest BCUT2D eigenvalue weighted by atomic mass is 9.47. The maximum absolute atomic E-state index is 14.2. The Bertz CT molecular complexity index is 973. The van der Waals surface area contributed by atoms with Crippen LogP contribution in [0.1, 0.15) is 90.9 Å². The zero-order valence-electron chi connectivity index (χ0n) is 24.0. The number of hydrogen-bond acceptors (Lipinski definition) is 4. The van der Waals surface area contributed by atoms with Crippen molar-refractivity contribution >= 4 is 30.9 Å². The van der Waals surface area contributed by atoms with E-state index in [0.717, 1.165) is 64.0 Å². The first-order chi connectivity index (χ1) is 18.8. The van der Waals surface area contributed by atoms with Gasteiger partial charge in [-0.3, -0.25) is 9.09 Å². The number of nitrogens with one attached hydrogen (secondary N) is 1. The topological polar surface area (TPSA) is 60.0 Å². The second kappa shape index (κ2) is 11.5. The van der Waals surface area contributed by atoms with E-state index in [0.29, 0.717) is 42.8 Å². The highest BCUT2D eigenvalue weighted by Crippen LogP contribution is 2.71. The lowest BCUT2D eigenvalue weighted by Gasteiger charge is -2.60. The van der Waals surface area contributed by atoms with Crippen LogP contribution in [0.25, 0.3) is 0 Å². The number of allylic oxidation sites excluding steroid dienone is 1. The van der Waals surface area contributed by atoms with Gasteiger partial charge in [-0.05, 0) is 100 Å². The predicted molar refractivity (Wildman–Crippen MR) is 157 cm³/mol. The minimum Gasteiger partial charge on any atom is -0.353 e. The van der Waals surface area contributed by atoms with Crippen molar-refractivity contribution in [3.63, 3.8) is 0 Å². The van der Waals surface area contributed by atoms with E-state index < -0.39 is 7.67 Å². The summed E-state index contributed by atoms with van der Waals surface area (Å²) in [5.41, 5.74) is 1.62. The molecule has 6 nitrogen and oxygen atoms in total. The smallest absolute Gasteiger partial charge is 0.344 e. The summed E-state index contributed by atoms with van der Waals surface area (Å²) >= 11 is 12.2. The fourth-order valence-corrected chi connectivity index (χ4v) is 12.9. The van der Waals surface area contributed by atoms with Gasteiger partial charge in [-0.15, -0.1) is 23.2 Å². The Kier molecular flexibility index (Phi) is 8.64. The standard InChI is InChI=1S/C30H49Cl2N2O4P/c1-28-11-8-23(37-27-5-3-4-20-36-27)21-22(28)6-7-24-25(28)9-12-29(2)26(24)10-13-30(29)14-17-33-39(35,38-30)34(18-15-31)19-16-32/h6,23-27H,3-5,7-21H2,1-2H3,(H,33,35). The molecule has 1 spiro atoms. The van der Waals surface area contributed by atoms with Crippen molar-refractivity contribution in [2.75, 3.05) is 38.0 Å². The van der Waals surface area contributed by atoms with Crippen LogP contribution in [0, 0.1) is 28.6 Å². The Balaban J connectivity index is 1.19. The lowest BCUT2D eigenvalue weighted by molar-refractivity contribution is -0.195. The molecule has 0 aromatic heterocycles. The minimum absolute atomic E-state index is 0.000803. The molecular weight excluding hydrogens is 554 g/mol. The van der Waals surface area contributed by atoms with Gasteiger partial charge in [0.15, 0.2) is 6.29 Å². The molecule has 4 aliphatic carbocycles. The Morgan fingerprint density at radius 3 is 2.59 bits per heavy atom. The number of alkyl halides is 2. The second-order valence-electron chi connectivity index (χ2n) is 13.6. The van der Waals surface area contributed by atoms with Crippen molar-refractivity contribution in [1.82, 2.24) is 9.76 Å². The normalized spacial score (nSPS) is 47.9. The third-order valence-electron chi connectivity index (χ3n) is 12.0. The van der Waals surface area contributed by atoms with Crippen molar-refractivity contribution in [2.24, 2.45) is 28.6 Å². The van der Waals surface area contributed by atoms with Crippen molar-refractivity contribution in [1.29, 1.82) is 0 Å². The fourth-order valence-electron chi connectivity index (χ4n) is 9.87. The first-order valence-corrected chi connectivity index (χ1v) is 18.3. The highest BCUT2D eigenvalue weighted by molar-refractivity contribution is 7.54. The fraction of sp³-hybridized carbons (Fsp3) is 0.933. The number of fused-ring (bicyclic) bond motifs is 6. The van der Waals surface area contributed by atoms with Crippen LogP contribution in [0.2, 0.25) is 0 Å². The van der Waals surface area contributed by atoms with E-state index in [4.69, 9.17) is 37.2 Å². The molecule has 2 heterocycles. The van der Waals surface area contributed by atoms with Crippen molar-refractivity contribution in [2.45, 2.75) is 109 Å². The molecule has 9 atom stereocenters. The lowest BCUT2D eigenvalue weighted by Crippen LogP contribution is -2.58. The number of ether oxygens (including phenoxy) is 2. The SMILES string of the molecule is CC12CCC(OC3CCCCO3)CC1=CCC1C2CCC2(C)C1CCC21CCNP(=O)(N(CCCl)CCCl)O1. The van der Waals surface area contributed by atoms with Gasteiger partial charge in [0.05, 0.1) is 11.7 Å². The molecule has 0 radical (unpaired) electrons. The van der Waals surface area contributed by atoms with Crippen LogP contribution in [-0.2, 0) is 18.6 Å². The predicted octanol–water partition coefficient (Wildman–Crippen LogP) is 7.50. The van der Waals surface area contributed by atoms with Gasteiger partial charge < -0.3 is 9.47 Å². The minimum atomic E-state index is -3.19. The number of halogens is 2. The summed E-state index contributed by atoms with van der Waals surface area (Å²) in [5.74, 6) is 2.83. The van der Waals surface area contributed by atoms with Gasteiger partial charge in [0, 0.05) is 43.4 Å². The summed E-state index contributed by atoms with van der Waals surface area (Å²) in [5, 5.41) is 3.27. The molecule has 0 bridgehead atoms. The summed E-state index contributed by atoms with van der Waals surface area (Å²) in [6, 6.07) is 0. The number of nitrogens with zero attached hydrogens (tertiary/aromatic N) is 1. The van der Waals surface area contributed by atoms with E-state index >= 15 is 0 Å². The molecule has 6 rings (SSSR count). The molecule has 39 heavy (non-hydrogen) atoms. The number of hydrogen-bond donors (Lipinski definition) is 1. The van der Waals surface area contributed by atoms with E-state index in [-0.39, 0.29) is 22.7 Å². The van der Waals surface area contributed by atoms with E-state index in [1.54, 1.807) is 5.57 Å². The molecule has 2 aliphatic heterocycles. The molecule has 0 aromatic rings. The van der Waals surface area contributed by atoms with Gasteiger partial charge in [-0.1, -0.05) is 25.5 Å². The molecule has 9 heteroatoms. The highest BCUT2D eigenvalue weighted by Gasteiger charge is 2.67. The maximum atomic E-state index is 14.2.